The van der Waals surface area contributed by atoms with E-state index in [2.05, 4.69) is 44.0 Å². The number of hydrogen-bond donors (Lipinski definition) is 0. The van der Waals surface area contributed by atoms with Crippen LogP contribution in [0.3, 0.4) is 0 Å². The van der Waals surface area contributed by atoms with Crippen molar-refractivity contribution < 1.29 is 4.79 Å². The number of nitrogens with zero attached hydrogens (tertiary/aromatic N) is 5. The molecule has 0 spiro atoms. The van der Waals surface area contributed by atoms with Crippen LogP contribution in [0, 0.1) is 6.92 Å². The van der Waals surface area contributed by atoms with Crippen LogP contribution in [-0.4, -0.2) is 46.5 Å². The molecule has 3 heterocycles. The molecule has 5 aromatic rings. The summed E-state index contributed by atoms with van der Waals surface area (Å²) in [5.41, 5.74) is 4.84. The van der Waals surface area contributed by atoms with E-state index in [4.69, 9.17) is 0 Å². The third-order valence-electron chi connectivity index (χ3n) is 7.68. The van der Waals surface area contributed by atoms with E-state index in [1.54, 1.807) is 17.8 Å². The highest BCUT2D eigenvalue weighted by atomic mass is 16.1. The second-order valence-electron chi connectivity index (χ2n) is 10.3. The van der Waals surface area contributed by atoms with Crippen LogP contribution in [0.4, 0.5) is 11.5 Å². The molecule has 0 atom stereocenters. The van der Waals surface area contributed by atoms with Gasteiger partial charge in [-0.25, -0.2) is 9.97 Å². The quantitative estimate of drug-likeness (QED) is 0.270. The molecule has 7 nitrogen and oxygen atoms in total. The van der Waals surface area contributed by atoms with Crippen molar-refractivity contribution >= 4 is 40.3 Å². The van der Waals surface area contributed by atoms with Crippen molar-refractivity contribution in [1.29, 1.82) is 0 Å². The number of aromatic nitrogens is 3. The highest BCUT2D eigenvalue weighted by molar-refractivity contribution is 6.09. The van der Waals surface area contributed by atoms with E-state index >= 15 is 0 Å². The number of rotatable bonds is 6. The summed E-state index contributed by atoms with van der Waals surface area (Å²) >= 11 is 0. The Labute approximate surface area is 239 Å². The van der Waals surface area contributed by atoms with Gasteiger partial charge in [0.05, 0.1) is 10.9 Å². The van der Waals surface area contributed by atoms with Crippen LogP contribution >= 0.6 is 0 Å². The molecule has 1 saturated heterocycles. The normalized spacial score (nSPS) is 13.7. The molecule has 1 aliphatic heterocycles. The number of para-hydroxylation sites is 1. The van der Waals surface area contributed by atoms with Gasteiger partial charge in [-0.3, -0.25) is 14.2 Å². The standard InChI is InChI=1S/C34H31N5O2/c1-24-7-6-10-29-32(24)34(41)37(2)31(36-29)17-13-25-11-14-26(15-12-25)33(40)27-16-18-30(35-23-27)39-21-19-38(20-22-39)28-8-4-3-5-9-28/h3-18,23H,19-22H2,1-2H3. The Morgan fingerprint density at radius 3 is 2.20 bits per heavy atom. The second kappa shape index (κ2) is 11.2. The summed E-state index contributed by atoms with van der Waals surface area (Å²) < 4.78 is 1.56. The monoisotopic (exact) mass is 541 g/mol. The SMILES string of the molecule is Cc1cccc2nc(C=Cc3ccc(C(=O)c4ccc(N5CCN(c6ccccc6)CC5)nc4)cc3)n(C)c(=O)c12. The van der Waals surface area contributed by atoms with Gasteiger partial charge in [-0.2, -0.15) is 0 Å². The molecule has 1 fully saturated rings. The second-order valence-corrected chi connectivity index (χ2v) is 10.3. The number of carbonyl (C=O) groups excluding carboxylic acids is 1. The number of aryl methyl sites for hydroxylation is 1. The van der Waals surface area contributed by atoms with Crippen molar-refractivity contribution in [3.05, 3.63) is 130 Å². The van der Waals surface area contributed by atoms with Gasteiger partial charge in [-0.1, -0.05) is 60.7 Å². The fraction of sp³-hybridized carbons (Fsp3) is 0.176. The minimum absolute atomic E-state index is 0.0669. The van der Waals surface area contributed by atoms with Gasteiger partial charge < -0.3 is 9.80 Å². The predicted molar refractivity (Wildman–Crippen MR) is 166 cm³/mol. The third-order valence-corrected chi connectivity index (χ3v) is 7.68. The van der Waals surface area contributed by atoms with Crippen LogP contribution in [0.5, 0.6) is 0 Å². The van der Waals surface area contributed by atoms with Gasteiger partial charge in [0, 0.05) is 56.2 Å². The molecular formula is C34H31N5O2. The Morgan fingerprint density at radius 1 is 0.780 bits per heavy atom. The van der Waals surface area contributed by atoms with Gasteiger partial charge >= 0.3 is 0 Å². The predicted octanol–water partition coefficient (Wildman–Crippen LogP) is 5.36. The summed E-state index contributed by atoms with van der Waals surface area (Å²) in [6.45, 7) is 5.54. The Hall–Kier alpha value is -5.04. The van der Waals surface area contributed by atoms with E-state index in [1.807, 2.05) is 79.7 Å². The lowest BCUT2D eigenvalue weighted by Crippen LogP contribution is -2.46. The first kappa shape index (κ1) is 26.2. The van der Waals surface area contributed by atoms with E-state index in [0.29, 0.717) is 27.9 Å². The average molecular weight is 542 g/mol. The zero-order chi connectivity index (χ0) is 28.3. The van der Waals surface area contributed by atoms with Gasteiger partial charge in [0.15, 0.2) is 5.78 Å². The zero-order valence-corrected chi connectivity index (χ0v) is 23.2. The number of carbonyl (C=O) groups is 1. The molecule has 3 aromatic carbocycles. The minimum atomic E-state index is -0.0672. The topological polar surface area (TPSA) is 71.3 Å². The minimum Gasteiger partial charge on any atom is -0.368 e. The molecular weight excluding hydrogens is 510 g/mol. The van der Waals surface area contributed by atoms with E-state index in [9.17, 15) is 9.59 Å². The van der Waals surface area contributed by atoms with Crippen LogP contribution in [0.25, 0.3) is 23.1 Å². The largest absolute Gasteiger partial charge is 0.368 e. The van der Waals surface area contributed by atoms with Crippen LogP contribution in [0.2, 0.25) is 0 Å². The molecule has 0 unspecified atom stereocenters. The Bertz CT molecular complexity index is 1780. The van der Waals surface area contributed by atoms with E-state index in [1.165, 1.54) is 5.69 Å². The molecule has 1 aliphatic rings. The van der Waals surface area contributed by atoms with Gasteiger partial charge in [-0.05, 0) is 54.5 Å². The smallest absolute Gasteiger partial charge is 0.261 e. The molecule has 0 aliphatic carbocycles. The van der Waals surface area contributed by atoms with Crippen molar-refractivity contribution in [2.75, 3.05) is 36.0 Å². The molecule has 0 saturated carbocycles. The number of pyridine rings is 1. The fourth-order valence-electron chi connectivity index (χ4n) is 5.27. The molecule has 0 bridgehead atoms. The van der Waals surface area contributed by atoms with Crippen LogP contribution in [0.1, 0.15) is 32.9 Å². The van der Waals surface area contributed by atoms with Gasteiger partial charge in [0.1, 0.15) is 11.6 Å². The number of ketones is 1. The van der Waals surface area contributed by atoms with E-state index < -0.39 is 0 Å². The maximum absolute atomic E-state index is 13.1. The Balaban J connectivity index is 1.11. The summed E-state index contributed by atoms with van der Waals surface area (Å²) in [5, 5.41) is 0.642. The maximum Gasteiger partial charge on any atom is 0.261 e. The highest BCUT2D eigenvalue weighted by Gasteiger charge is 2.19. The molecule has 7 heteroatoms. The molecule has 2 aromatic heterocycles. The molecule has 41 heavy (non-hydrogen) atoms. The lowest BCUT2D eigenvalue weighted by atomic mass is 10.0. The number of piperazine rings is 1. The first-order chi connectivity index (χ1) is 20.0. The first-order valence-electron chi connectivity index (χ1n) is 13.8. The lowest BCUT2D eigenvalue weighted by Gasteiger charge is -2.36. The lowest BCUT2D eigenvalue weighted by molar-refractivity contribution is 0.103. The molecule has 0 amide bonds. The van der Waals surface area contributed by atoms with Gasteiger partial charge in [0.2, 0.25) is 0 Å². The maximum atomic E-state index is 13.1. The van der Waals surface area contributed by atoms with Gasteiger partial charge in [-0.15, -0.1) is 0 Å². The molecule has 6 rings (SSSR count). The number of anilines is 2. The number of fused-ring (bicyclic) bond motifs is 1. The van der Waals surface area contributed by atoms with E-state index in [-0.39, 0.29) is 11.3 Å². The molecule has 0 radical (unpaired) electrons. The van der Waals surface area contributed by atoms with Crippen molar-refractivity contribution in [2.24, 2.45) is 7.05 Å². The van der Waals surface area contributed by atoms with Gasteiger partial charge in [0.25, 0.3) is 5.56 Å². The third kappa shape index (κ3) is 5.39. The number of hydrogen-bond acceptors (Lipinski definition) is 6. The summed E-state index contributed by atoms with van der Waals surface area (Å²) in [6, 6.07) is 27.3. The molecule has 0 N–H and O–H groups in total. The summed E-state index contributed by atoms with van der Waals surface area (Å²) in [5.74, 6) is 1.39. The van der Waals surface area contributed by atoms with E-state index in [0.717, 1.165) is 43.1 Å². The van der Waals surface area contributed by atoms with Crippen molar-refractivity contribution in [2.45, 2.75) is 6.92 Å². The van der Waals surface area contributed by atoms with Crippen molar-refractivity contribution in [1.82, 2.24) is 14.5 Å². The Kier molecular flexibility index (Phi) is 7.17. The molecule has 204 valence electrons. The highest BCUT2D eigenvalue weighted by Crippen LogP contribution is 2.20. The average Bonchev–Trinajstić information content (AvgIpc) is 3.02. The number of benzene rings is 3. The zero-order valence-electron chi connectivity index (χ0n) is 23.2. The van der Waals surface area contributed by atoms with Crippen molar-refractivity contribution in [3.8, 4) is 0 Å². The summed E-state index contributed by atoms with van der Waals surface area (Å²) in [4.78, 5) is 39.9. The Morgan fingerprint density at radius 2 is 1.49 bits per heavy atom. The van der Waals surface area contributed by atoms with Crippen molar-refractivity contribution in [3.63, 3.8) is 0 Å². The first-order valence-corrected chi connectivity index (χ1v) is 13.8. The van der Waals surface area contributed by atoms with Crippen LogP contribution in [0.15, 0.2) is 95.9 Å². The fourth-order valence-corrected chi connectivity index (χ4v) is 5.27. The van der Waals surface area contributed by atoms with Crippen LogP contribution < -0.4 is 15.4 Å². The summed E-state index contributed by atoms with van der Waals surface area (Å²) in [7, 11) is 1.73. The summed E-state index contributed by atoms with van der Waals surface area (Å²) in [6.07, 6.45) is 5.39. The van der Waals surface area contributed by atoms with Crippen LogP contribution in [-0.2, 0) is 7.05 Å².